The van der Waals surface area contributed by atoms with Crippen LogP contribution in [0.1, 0.15) is 42.0 Å². The fourth-order valence-corrected chi connectivity index (χ4v) is 6.11. The molecule has 0 aliphatic rings. The van der Waals surface area contributed by atoms with E-state index < -0.39 is 4.92 Å². The zero-order chi connectivity index (χ0) is 33.2. The first-order chi connectivity index (χ1) is 22.7. The number of methoxy groups -OCH3 is 1. The van der Waals surface area contributed by atoms with E-state index in [-0.39, 0.29) is 29.5 Å². The van der Waals surface area contributed by atoms with Crippen LogP contribution < -0.4 is 15.0 Å². The van der Waals surface area contributed by atoms with E-state index in [1.807, 2.05) is 67.6 Å². The average Bonchev–Trinajstić information content (AvgIpc) is 3.06. The third-order valence-corrected chi connectivity index (χ3v) is 8.48. The lowest BCUT2D eigenvalue weighted by Crippen LogP contribution is -2.21. The van der Waals surface area contributed by atoms with Crippen molar-refractivity contribution in [2.75, 3.05) is 7.11 Å². The summed E-state index contributed by atoms with van der Waals surface area (Å²) in [6.07, 6.45) is 1.40. The molecular formula is C37H31BrN4O5. The smallest absolute Gasteiger partial charge is 0.312 e. The van der Waals surface area contributed by atoms with Crippen LogP contribution in [0.5, 0.6) is 11.5 Å². The van der Waals surface area contributed by atoms with Gasteiger partial charge >= 0.3 is 5.69 Å². The summed E-state index contributed by atoms with van der Waals surface area (Å²) in [5.41, 5.74) is 3.60. The number of nitrogens with zero attached hydrogens (tertiary/aromatic N) is 4. The first kappa shape index (κ1) is 31.6. The highest BCUT2D eigenvalue weighted by molar-refractivity contribution is 9.10. The van der Waals surface area contributed by atoms with Crippen LogP contribution in [0.25, 0.3) is 33.1 Å². The highest BCUT2D eigenvalue weighted by Gasteiger charge is 2.22. The summed E-state index contributed by atoms with van der Waals surface area (Å²) in [4.78, 5) is 30.6. The summed E-state index contributed by atoms with van der Waals surface area (Å²) >= 11 is 3.40. The van der Waals surface area contributed by atoms with Gasteiger partial charge in [0.15, 0.2) is 5.82 Å². The second-order valence-corrected chi connectivity index (χ2v) is 12.3. The number of para-hydroxylation sites is 1. The number of rotatable bonds is 9. The summed E-state index contributed by atoms with van der Waals surface area (Å²) in [6.45, 7) is 6.14. The van der Waals surface area contributed by atoms with Crippen molar-refractivity contribution in [2.24, 2.45) is 5.10 Å². The number of hydrogen-bond donors (Lipinski definition) is 0. The van der Waals surface area contributed by atoms with E-state index in [1.165, 1.54) is 17.0 Å². The van der Waals surface area contributed by atoms with Gasteiger partial charge < -0.3 is 9.47 Å². The number of hydrogen-bond acceptors (Lipinski definition) is 7. The fraction of sp³-hybridized carbons (Fsp3) is 0.162. The topological polar surface area (TPSA) is 109 Å². The molecule has 236 valence electrons. The van der Waals surface area contributed by atoms with Crippen molar-refractivity contribution in [3.63, 3.8) is 0 Å². The van der Waals surface area contributed by atoms with Gasteiger partial charge in [0, 0.05) is 21.7 Å². The van der Waals surface area contributed by atoms with Gasteiger partial charge in [-0.05, 0) is 70.6 Å². The molecule has 0 spiro atoms. The number of halogens is 1. The van der Waals surface area contributed by atoms with Crippen molar-refractivity contribution in [1.82, 2.24) is 9.66 Å². The van der Waals surface area contributed by atoms with Crippen LogP contribution in [0.3, 0.4) is 0 Å². The second kappa shape index (κ2) is 13.2. The Morgan fingerprint density at radius 3 is 2.47 bits per heavy atom. The van der Waals surface area contributed by atoms with Crippen molar-refractivity contribution < 1.29 is 14.4 Å². The Morgan fingerprint density at radius 2 is 1.72 bits per heavy atom. The van der Waals surface area contributed by atoms with Gasteiger partial charge in [0.25, 0.3) is 5.56 Å². The molecule has 47 heavy (non-hydrogen) atoms. The third-order valence-electron chi connectivity index (χ3n) is 8.02. The molecule has 0 bridgehead atoms. The maximum Gasteiger partial charge on any atom is 0.312 e. The van der Waals surface area contributed by atoms with Crippen LogP contribution in [0.2, 0.25) is 0 Å². The molecule has 0 radical (unpaired) electrons. The Morgan fingerprint density at radius 1 is 1.00 bits per heavy atom. The number of ether oxygens (including phenoxy) is 2. The van der Waals surface area contributed by atoms with E-state index in [4.69, 9.17) is 14.5 Å². The fourth-order valence-electron chi connectivity index (χ4n) is 5.65. The first-order valence-electron chi connectivity index (χ1n) is 15.0. The van der Waals surface area contributed by atoms with E-state index in [0.29, 0.717) is 32.3 Å². The summed E-state index contributed by atoms with van der Waals surface area (Å²) in [6, 6.07) is 27.8. The molecule has 0 fully saturated rings. The minimum atomic E-state index is -0.496. The third kappa shape index (κ3) is 6.24. The SMILES string of the molecule is COc1cc(C)c(-c2nc3ccccc3c(=O)n2N=Cc2cc(Br)cc([N+](=O)[O-])c2OCc2cccc3ccccc23)cc1C(C)C. The number of fused-ring (bicyclic) bond motifs is 2. The van der Waals surface area contributed by atoms with Crippen LogP contribution in [0, 0.1) is 17.0 Å². The number of nitro benzene ring substituents is 1. The first-order valence-corrected chi connectivity index (χ1v) is 15.8. The van der Waals surface area contributed by atoms with E-state index in [0.717, 1.165) is 33.2 Å². The molecule has 0 aliphatic heterocycles. The molecule has 0 N–H and O–H groups in total. The molecule has 0 aliphatic carbocycles. The monoisotopic (exact) mass is 690 g/mol. The van der Waals surface area contributed by atoms with Gasteiger partial charge in [0.2, 0.25) is 5.75 Å². The lowest BCUT2D eigenvalue weighted by molar-refractivity contribution is -0.386. The van der Waals surface area contributed by atoms with Crippen molar-refractivity contribution in [3.8, 4) is 22.9 Å². The van der Waals surface area contributed by atoms with Gasteiger partial charge in [-0.3, -0.25) is 14.9 Å². The molecule has 5 aromatic carbocycles. The highest BCUT2D eigenvalue weighted by Crippen LogP contribution is 2.36. The number of aryl methyl sites for hydroxylation is 1. The number of benzene rings is 5. The summed E-state index contributed by atoms with van der Waals surface area (Å²) < 4.78 is 13.5. The zero-order valence-electron chi connectivity index (χ0n) is 26.2. The van der Waals surface area contributed by atoms with Crippen LogP contribution in [-0.4, -0.2) is 27.9 Å². The molecule has 6 rings (SSSR count). The molecule has 0 saturated carbocycles. The lowest BCUT2D eigenvalue weighted by atomic mass is 9.96. The lowest BCUT2D eigenvalue weighted by Gasteiger charge is -2.17. The van der Waals surface area contributed by atoms with Crippen molar-refractivity contribution in [3.05, 3.63) is 138 Å². The van der Waals surface area contributed by atoms with Gasteiger partial charge in [-0.2, -0.15) is 9.78 Å². The van der Waals surface area contributed by atoms with Crippen LogP contribution in [-0.2, 0) is 6.61 Å². The normalized spacial score (nSPS) is 11.5. The van der Waals surface area contributed by atoms with Crippen LogP contribution in [0.4, 0.5) is 5.69 Å². The van der Waals surface area contributed by atoms with E-state index in [9.17, 15) is 14.9 Å². The number of aromatic nitrogens is 2. The van der Waals surface area contributed by atoms with Gasteiger partial charge in [-0.25, -0.2) is 4.98 Å². The quantitative estimate of drug-likeness (QED) is 0.0852. The van der Waals surface area contributed by atoms with Crippen molar-refractivity contribution >= 4 is 49.5 Å². The van der Waals surface area contributed by atoms with Crippen LogP contribution >= 0.6 is 15.9 Å². The molecule has 1 aromatic heterocycles. The Balaban J connectivity index is 1.51. The molecule has 0 atom stereocenters. The average molecular weight is 692 g/mol. The molecule has 0 amide bonds. The van der Waals surface area contributed by atoms with Crippen LogP contribution in [0.15, 0.2) is 105 Å². The molecule has 0 saturated heterocycles. The van der Waals surface area contributed by atoms with Gasteiger partial charge in [-0.1, -0.05) is 84.4 Å². The predicted octanol–water partition coefficient (Wildman–Crippen LogP) is 8.79. The summed E-state index contributed by atoms with van der Waals surface area (Å²) in [5, 5.41) is 19.3. The Kier molecular flexibility index (Phi) is 8.86. The minimum absolute atomic E-state index is 0.0287. The zero-order valence-corrected chi connectivity index (χ0v) is 27.8. The van der Waals surface area contributed by atoms with Gasteiger partial charge in [0.1, 0.15) is 12.4 Å². The molecular weight excluding hydrogens is 660 g/mol. The Labute approximate surface area is 279 Å². The molecule has 1 heterocycles. The largest absolute Gasteiger partial charge is 0.496 e. The Bertz CT molecular complexity index is 2260. The Hall–Kier alpha value is -5.35. The van der Waals surface area contributed by atoms with E-state index >= 15 is 0 Å². The van der Waals surface area contributed by atoms with E-state index in [1.54, 1.807) is 31.4 Å². The van der Waals surface area contributed by atoms with Gasteiger partial charge in [0.05, 0.1) is 29.2 Å². The summed E-state index contributed by atoms with van der Waals surface area (Å²) in [5.74, 6) is 1.24. The standard InChI is InChI=1S/C37H31BrN4O5/c1-22(2)30-19-31(23(3)16-34(30)46-4)36-40-32-15-8-7-14-29(32)37(43)41(36)39-20-26-17-27(38)18-33(42(44)45)35(26)47-21-25-12-9-11-24-10-5-6-13-28(24)25/h5-20,22H,21H2,1-4H3. The predicted molar refractivity (Wildman–Crippen MR) is 189 cm³/mol. The van der Waals surface area contributed by atoms with Crippen molar-refractivity contribution in [1.29, 1.82) is 0 Å². The summed E-state index contributed by atoms with van der Waals surface area (Å²) in [7, 11) is 1.63. The molecule has 0 unspecified atom stereocenters. The minimum Gasteiger partial charge on any atom is -0.496 e. The maximum atomic E-state index is 14.0. The molecule has 10 heteroatoms. The second-order valence-electron chi connectivity index (χ2n) is 11.4. The highest BCUT2D eigenvalue weighted by atomic mass is 79.9. The molecule has 9 nitrogen and oxygen atoms in total. The maximum absolute atomic E-state index is 14.0. The molecule has 6 aromatic rings. The number of nitro groups is 1. The van der Waals surface area contributed by atoms with E-state index in [2.05, 4.69) is 34.9 Å². The van der Waals surface area contributed by atoms with Gasteiger partial charge in [-0.15, -0.1) is 0 Å². The van der Waals surface area contributed by atoms with Crippen molar-refractivity contribution in [2.45, 2.75) is 33.3 Å².